The molecule has 0 heterocycles. The van der Waals surface area contributed by atoms with Crippen LogP contribution >= 0.6 is 0 Å². The van der Waals surface area contributed by atoms with E-state index in [2.05, 4.69) is 10.6 Å². The summed E-state index contributed by atoms with van der Waals surface area (Å²) >= 11 is 0. The second-order valence-electron chi connectivity index (χ2n) is 4.75. The molecule has 0 unspecified atom stereocenters. The lowest BCUT2D eigenvalue weighted by molar-refractivity contribution is -0.858. The molecule has 0 atom stereocenters. The van der Waals surface area contributed by atoms with Gasteiger partial charge in [-0.1, -0.05) is 6.07 Å². The largest absolute Gasteiger partial charge is 0.497 e. The van der Waals surface area contributed by atoms with Gasteiger partial charge in [-0.3, -0.25) is 9.59 Å². The Labute approximate surface area is 119 Å². The van der Waals surface area contributed by atoms with Crippen LogP contribution in [0.2, 0.25) is 0 Å². The van der Waals surface area contributed by atoms with E-state index in [1.807, 2.05) is 14.1 Å². The fraction of sp³-hybridized carbons (Fsp3) is 0.429. The second-order valence-corrected chi connectivity index (χ2v) is 4.75. The molecule has 0 spiro atoms. The summed E-state index contributed by atoms with van der Waals surface area (Å²) < 4.78 is 5.04. The molecule has 2 amide bonds. The number of quaternary nitrogens is 1. The molecule has 0 radical (unpaired) electrons. The number of hydrogen-bond donors (Lipinski definition) is 3. The molecule has 20 heavy (non-hydrogen) atoms. The summed E-state index contributed by atoms with van der Waals surface area (Å²) in [6.07, 6.45) is 0.834. The highest BCUT2D eigenvalue weighted by molar-refractivity contribution is 6.39. The van der Waals surface area contributed by atoms with Crippen molar-refractivity contribution < 1.29 is 19.2 Å². The van der Waals surface area contributed by atoms with E-state index in [1.54, 1.807) is 31.4 Å². The summed E-state index contributed by atoms with van der Waals surface area (Å²) in [5, 5.41) is 5.12. The van der Waals surface area contributed by atoms with Crippen molar-refractivity contribution >= 4 is 17.5 Å². The van der Waals surface area contributed by atoms with E-state index < -0.39 is 11.8 Å². The first-order valence-corrected chi connectivity index (χ1v) is 6.55. The third-order valence-corrected chi connectivity index (χ3v) is 2.67. The third kappa shape index (κ3) is 5.71. The van der Waals surface area contributed by atoms with Gasteiger partial charge in [0.25, 0.3) is 0 Å². The van der Waals surface area contributed by atoms with Crippen molar-refractivity contribution in [3.63, 3.8) is 0 Å². The van der Waals surface area contributed by atoms with Crippen molar-refractivity contribution in [2.24, 2.45) is 0 Å². The first-order valence-electron chi connectivity index (χ1n) is 6.55. The van der Waals surface area contributed by atoms with Gasteiger partial charge >= 0.3 is 11.8 Å². The minimum Gasteiger partial charge on any atom is -0.497 e. The Hall–Kier alpha value is -2.08. The van der Waals surface area contributed by atoms with Crippen molar-refractivity contribution in [2.75, 3.05) is 39.6 Å². The van der Waals surface area contributed by atoms with Crippen molar-refractivity contribution in [3.05, 3.63) is 24.3 Å². The number of benzene rings is 1. The molecule has 0 aliphatic heterocycles. The summed E-state index contributed by atoms with van der Waals surface area (Å²) in [6.45, 7) is 1.44. The molecular formula is C14H22N3O3+. The van der Waals surface area contributed by atoms with E-state index in [-0.39, 0.29) is 0 Å². The SMILES string of the molecule is COc1cccc(NC(=O)C(=O)NCCC[NH+](C)C)c1. The molecule has 1 aromatic carbocycles. The van der Waals surface area contributed by atoms with Crippen molar-refractivity contribution in [1.29, 1.82) is 0 Å². The quantitative estimate of drug-likeness (QED) is 0.476. The monoisotopic (exact) mass is 280 g/mol. The Bertz CT molecular complexity index is 461. The van der Waals surface area contributed by atoms with Gasteiger partial charge in [-0.2, -0.15) is 0 Å². The zero-order chi connectivity index (χ0) is 15.0. The molecule has 1 aromatic rings. The summed E-state index contributed by atoms with van der Waals surface area (Å²) in [6, 6.07) is 6.86. The molecule has 0 saturated heterocycles. The Kier molecular flexibility index (Phi) is 6.52. The normalized spacial score (nSPS) is 10.2. The summed E-state index contributed by atoms with van der Waals surface area (Å²) in [5.74, 6) is -0.672. The number of ether oxygens (including phenoxy) is 1. The number of hydrogen-bond acceptors (Lipinski definition) is 3. The van der Waals surface area contributed by atoms with Gasteiger partial charge in [-0.05, 0) is 12.1 Å². The van der Waals surface area contributed by atoms with E-state index in [9.17, 15) is 9.59 Å². The molecule has 0 aromatic heterocycles. The van der Waals surface area contributed by atoms with Gasteiger partial charge in [0.2, 0.25) is 0 Å². The van der Waals surface area contributed by atoms with Crippen LogP contribution in [0.3, 0.4) is 0 Å². The minimum atomic E-state index is -0.671. The highest BCUT2D eigenvalue weighted by atomic mass is 16.5. The van der Waals surface area contributed by atoms with Gasteiger partial charge in [0.15, 0.2) is 0 Å². The van der Waals surface area contributed by atoms with Gasteiger partial charge in [0, 0.05) is 24.7 Å². The number of carbonyl (C=O) groups excluding carboxylic acids is 2. The number of rotatable bonds is 6. The fourth-order valence-electron chi connectivity index (χ4n) is 1.61. The van der Waals surface area contributed by atoms with E-state index in [1.165, 1.54) is 4.90 Å². The average molecular weight is 280 g/mol. The smallest absolute Gasteiger partial charge is 0.313 e. The topological polar surface area (TPSA) is 71.9 Å². The molecule has 0 saturated carbocycles. The number of carbonyl (C=O) groups is 2. The van der Waals surface area contributed by atoms with Crippen molar-refractivity contribution in [1.82, 2.24) is 5.32 Å². The molecule has 3 N–H and O–H groups in total. The maximum atomic E-state index is 11.7. The number of methoxy groups -OCH3 is 1. The van der Waals surface area contributed by atoms with Crippen LogP contribution in [0, 0.1) is 0 Å². The zero-order valence-corrected chi connectivity index (χ0v) is 12.2. The summed E-state index contributed by atoms with van der Waals surface area (Å²) in [7, 11) is 5.62. The average Bonchev–Trinajstić information content (AvgIpc) is 2.43. The number of amides is 2. The highest BCUT2D eigenvalue weighted by Crippen LogP contribution is 2.16. The maximum Gasteiger partial charge on any atom is 0.313 e. The Balaban J connectivity index is 2.39. The van der Waals surface area contributed by atoms with Crippen LogP contribution in [0.4, 0.5) is 5.69 Å². The maximum absolute atomic E-state index is 11.7. The molecule has 0 fully saturated rings. The number of nitrogens with one attached hydrogen (secondary N) is 3. The van der Waals surface area contributed by atoms with Crippen molar-refractivity contribution in [2.45, 2.75) is 6.42 Å². The van der Waals surface area contributed by atoms with Crippen LogP contribution < -0.4 is 20.3 Å². The molecule has 1 rings (SSSR count). The van der Waals surface area contributed by atoms with Crippen LogP contribution in [-0.2, 0) is 9.59 Å². The van der Waals surface area contributed by atoms with Crippen molar-refractivity contribution in [3.8, 4) is 5.75 Å². The first-order chi connectivity index (χ1) is 9.52. The lowest BCUT2D eigenvalue weighted by Gasteiger charge is -2.09. The predicted molar refractivity (Wildman–Crippen MR) is 76.9 cm³/mol. The van der Waals surface area contributed by atoms with Crippen LogP contribution in [0.1, 0.15) is 6.42 Å². The fourth-order valence-corrected chi connectivity index (χ4v) is 1.61. The van der Waals surface area contributed by atoms with Crippen LogP contribution in [0.5, 0.6) is 5.75 Å². The lowest BCUT2D eigenvalue weighted by atomic mass is 10.3. The molecular weight excluding hydrogens is 258 g/mol. The summed E-state index contributed by atoms with van der Waals surface area (Å²) in [4.78, 5) is 24.6. The van der Waals surface area contributed by atoms with Gasteiger partial charge in [0.1, 0.15) is 5.75 Å². The molecule has 110 valence electrons. The molecule has 6 nitrogen and oxygen atoms in total. The molecule has 0 bridgehead atoms. The van der Waals surface area contributed by atoms with E-state index in [4.69, 9.17) is 4.74 Å². The zero-order valence-electron chi connectivity index (χ0n) is 12.2. The summed E-state index contributed by atoms with van der Waals surface area (Å²) in [5.41, 5.74) is 0.530. The Morgan fingerprint density at radius 3 is 2.65 bits per heavy atom. The lowest BCUT2D eigenvalue weighted by Crippen LogP contribution is -3.05. The third-order valence-electron chi connectivity index (χ3n) is 2.67. The molecule has 0 aliphatic carbocycles. The second kappa shape index (κ2) is 8.16. The van der Waals surface area contributed by atoms with Gasteiger partial charge < -0.3 is 20.3 Å². The Morgan fingerprint density at radius 2 is 2.00 bits per heavy atom. The minimum absolute atomic E-state index is 0.496. The van der Waals surface area contributed by atoms with Gasteiger partial charge in [-0.15, -0.1) is 0 Å². The van der Waals surface area contributed by atoms with E-state index in [0.717, 1.165) is 13.0 Å². The standard InChI is InChI=1S/C14H21N3O3/c1-17(2)9-5-8-15-13(18)14(19)16-11-6-4-7-12(10-11)20-3/h4,6-7,10H,5,8-9H2,1-3H3,(H,15,18)(H,16,19)/p+1. The predicted octanol–water partition coefficient (Wildman–Crippen LogP) is -0.715. The Morgan fingerprint density at radius 1 is 1.25 bits per heavy atom. The van der Waals surface area contributed by atoms with Crippen LogP contribution in [0.15, 0.2) is 24.3 Å². The molecule has 0 aliphatic rings. The van der Waals surface area contributed by atoms with E-state index in [0.29, 0.717) is 18.0 Å². The molecule has 6 heteroatoms. The first kappa shape index (κ1) is 16.0. The van der Waals surface area contributed by atoms with Gasteiger partial charge in [0.05, 0.1) is 27.7 Å². The van der Waals surface area contributed by atoms with Crippen LogP contribution in [0.25, 0.3) is 0 Å². The van der Waals surface area contributed by atoms with Gasteiger partial charge in [-0.25, -0.2) is 0 Å². The van der Waals surface area contributed by atoms with E-state index >= 15 is 0 Å². The highest BCUT2D eigenvalue weighted by Gasteiger charge is 2.13. The number of anilines is 1. The van der Waals surface area contributed by atoms with Crippen LogP contribution in [-0.4, -0.2) is 46.1 Å².